The van der Waals surface area contributed by atoms with Gasteiger partial charge in [0.1, 0.15) is 0 Å². The number of hydrogen-bond acceptors (Lipinski definition) is 3. The van der Waals surface area contributed by atoms with Crippen molar-refractivity contribution in [3.63, 3.8) is 0 Å². The zero-order valence-electron chi connectivity index (χ0n) is 10.1. The normalized spacial score (nSPS) is 9.94. The number of aryl methyl sites for hydroxylation is 1. The molecule has 2 rings (SSSR count). The van der Waals surface area contributed by atoms with Crippen LogP contribution in [-0.2, 0) is 17.6 Å². The predicted molar refractivity (Wildman–Crippen MR) is 59.8 cm³/mol. The van der Waals surface area contributed by atoms with Crippen LogP contribution < -0.4 is 24.0 Å². The van der Waals surface area contributed by atoms with Gasteiger partial charge in [0.15, 0.2) is 0 Å². The second-order valence-electron chi connectivity index (χ2n) is 3.76. The van der Waals surface area contributed by atoms with Crippen molar-refractivity contribution >= 4 is 16.7 Å². The molecule has 0 saturated carbocycles. The number of carbonyl (C=O) groups excluding carboxylic acids is 1. The molecule has 1 aromatic carbocycles. The molecule has 0 unspecified atom stereocenters. The van der Waals surface area contributed by atoms with E-state index in [1.54, 1.807) is 12.4 Å². The summed E-state index contributed by atoms with van der Waals surface area (Å²) in [5, 5.41) is 12.6. The van der Waals surface area contributed by atoms with E-state index in [1.165, 1.54) is 5.56 Å². The maximum atomic E-state index is 10.6. The van der Waals surface area contributed by atoms with Crippen LogP contribution in [0.15, 0.2) is 30.6 Å². The fraction of sp³-hybridized carbons (Fsp3) is 0.231. The maximum absolute atomic E-state index is 10.6. The van der Waals surface area contributed by atoms with Gasteiger partial charge in [-0.3, -0.25) is 4.98 Å². The van der Waals surface area contributed by atoms with Crippen molar-refractivity contribution in [2.24, 2.45) is 0 Å². The largest absolute Gasteiger partial charge is 1.00 e. The zero-order chi connectivity index (χ0) is 11.5. The molecule has 1 aromatic heterocycles. The quantitative estimate of drug-likeness (QED) is 0.568. The first-order chi connectivity index (χ1) is 7.70. The average Bonchev–Trinajstić information content (AvgIpc) is 2.28. The van der Waals surface area contributed by atoms with E-state index in [0.717, 1.165) is 17.2 Å². The first kappa shape index (κ1) is 13.8. The molecule has 2 aromatic rings. The molecule has 17 heavy (non-hydrogen) atoms. The summed E-state index contributed by atoms with van der Waals surface area (Å²) >= 11 is 0. The van der Waals surface area contributed by atoms with Crippen LogP contribution in [-0.4, -0.2) is 11.0 Å². The van der Waals surface area contributed by atoms with E-state index in [0.29, 0.717) is 5.56 Å². The van der Waals surface area contributed by atoms with Crippen molar-refractivity contribution in [3.05, 3.63) is 41.7 Å². The minimum absolute atomic E-state index is 0. The number of carboxylic acid groups (broad SMARTS) is 1. The number of carbonyl (C=O) groups is 1. The standard InChI is InChI=1S/C13H13NO2.Li/c1-2-9-3-4-10-7-14-8-11(6-13(15)16)12(10)5-9;/h3-5,7-8H,2,6H2,1H3,(H,15,16);/q;+1/p-1. The van der Waals surface area contributed by atoms with Crippen LogP contribution in [0.5, 0.6) is 0 Å². The molecule has 0 atom stereocenters. The molecule has 0 spiro atoms. The van der Waals surface area contributed by atoms with E-state index in [9.17, 15) is 9.90 Å². The Morgan fingerprint density at radius 3 is 2.76 bits per heavy atom. The van der Waals surface area contributed by atoms with Gasteiger partial charge in [0.25, 0.3) is 0 Å². The summed E-state index contributed by atoms with van der Waals surface area (Å²) in [7, 11) is 0. The Balaban J connectivity index is 0.00000144. The summed E-state index contributed by atoms with van der Waals surface area (Å²) in [6.45, 7) is 2.07. The Labute approximate surface area is 112 Å². The molecule has 0 amide bonds. The van der Waals surface area contributed by atoms with E-state index < -0.39 is 5.97 Å². The summed E-state index contributed by atoms with van der Waals surface area (Å²) in [6, 6.07) is 6.03. The smallest absolute Gasteiger partial charge is 0.550 e. The molecule has 0 aliphatic carbocycles. The number of aromatic nitrogens is 1. The van der Waals surface area contributed by atoms with Crippen molar-refractivity contribution < 1.29 is 28.8 Å². The molecule has 4 heteroatoms. The summed E-state index contributed by atoms with van der Waals surface area (Å²) in [6.07, 6.45) is 4.19. The van der Waals surface area contributed by atoms with Gasteiger partial charge in [-0.05, 0) is 22.9 Å². The van der Waals surface area contributed by atoms with Gasteiger partial charge < -0.3 is 9.90 Å². The fourth-order valence-electron chi connectivity index (χ4n) is 1.79. The number of fused-ring (bicyclic) bond motifs is 1. The molecule has 0 bridgehead atoms. The first-order valence-corrected chi connectivity index (χ1v) is 5.26. The maximum Gasteiger partial charge on any atom is 1.00 e. The van der Waals surface area contributed by atoms with E-state index >= 15 is 0 Å². The van der Waals surface area contributed by atoms with Crippen molar-refractivity contribution in [1.82, 2.24) is 4.98 Å². The second-order valence-corrected chi connectivity index (χ2v) is 3.76. The Morgan fingerprint density at radius 1 is 1.35 bits per heavy atom. The van der Waals surface area contributed by atoms with Crippen LogP contribution in [0.25, 0.3) is 10.8 Å². The van der Waals surface area contributed by atoms with Gasteiger partial charge >= 0.3 is 18.9 Å². The van der Waals surface area contributed by atoms with E-state index in [2.05, 4.69) is 11.9 Å². The van der Waals surface area contributed by atoms with Gasteiger partial charge in [-0.25, -0.2) is 0 Å². The van der Waals surface area contributed by atoms with Gasteiger partial charge in [0.2, 0.25) is 0 Å². The minimum atomic E-state index is -1.07. The van der Waals surface area contributed by atoms with E-state index in [-0.39, 0.29) is 25.3 Å². The molecule has 0 N–H and O–H groups in total. The average molecular weight is 221 g/mol. The van der Waals surface area contributed by atoms with Gasteiger partial charge in [-0.1, -0.05) is 25.1 Å². The molecule has 0 aliphatic heterocycles. The monoisotopic (exact) mass is 221 g/mol. The summed E-state index contributed by atoms with van der Waals surface area (Å²) in [5.41, 5.74) is 1.91. The van der Waals surface area contributed by atoms with Crippen LogP contribution in [0.1, 0.15) is 18.1 Å². The molecular weight excluding hydrogens is 209 g/mol. The molecule has 0 fully saturated rings. The summed E-state index contributed by atoms with van der Waals surface area (Å²) in [4.78, 5) is 14.7. The Hall–Kier alpha value is -1.30. The van der Waals surface area contributed by atoms with Crippen LogP contribution in [0.3, 0.4) is 0 Å². The zero-order valence-corrected chi connectivity index (χ0v) is 10.1. The summed E-state index contributed by atoms with van der Waals surface area (Å²) < 4.78 is 0. The summed E-state index contributed by atoms with van der Waals surface area (Å²) in [5.74, 6) is -1.07. The Bertz CT molecular complexity index is 540. The molecule has 0 saturated heterocycles. The number of nitrogens with zero attached hydrogens (tertiary/aromatic N) is 1. The topological polar surface area (TPSA) is 53.0 Å². The Morgan fingerprint density at radius 2 is 2.12 bits per heavy atom. The van der Waals surface area contributed by atoms with Crippen molar-refractivity contribution in [3.8, 4) is 0 Å². The third-order valence-electron chi connectivity index (χ3n) is 2.65. The number of pyridine rings is 1. The predicted octanol–water partition coefficient (Wildman–Crippen LogP) is -1.91. The van der Waals surface area contributed by atoms with Crippen molar-refractivity contribution in [2.75, 3.05) is 0 Å². The second kappa shape index (κ2) is 5.86. The van der Waals surface area contributed by atoms with Crippen molar-refractivity contribution in [1.29, 1.82) is 0 Å². The molecule has 0 aliphatic rings. The van der Waals surface area contributed by atoms with Gasteiger partial charge in [-0.2, -0.15) is 0 Å². The van der Waals surface area contributed by atoms with Crippen LogP contribution in [0, 0.1) is 0 Å². The van der Waals surface area contributed by atoms with Gasteiger partial charge in [0.05, 0.1) is 0 Å². The van der Waals surface area contributed by atoms with Crippen LogP contribution in [0.4, 0.5) is 0 Å². The third kappa shape index (κ3) is 3.09. The SMILES string of the molecule is CCc1ccc2cncc(CC(=O)[O-])c2c1.[Li+]. The first-order valence-electron chi connectivity index (χ1n) is 5.26. The van der Waals surface area contributed by atoms with Gasteiger partial charge in [0, 0.05) is 30.2 Å². The van der Waals surface area contributed by atoms with E-state index in [1.807, 2.05) is 18.2 Å². The minimum Gasteiger partial charge on any atom is -0.550 e. The number of aliphatic carboxylic acids is 1. The molecule has 1 heterocycles. The van der Waals surface area contributed by atoms with Crippen molar-refractivity contribution in [2.45, 2.75) is 19.8 Å². The third-order valence-corrected chi connectivity index (χ3v) is 2.65. The number of rotatable bonds is 3. The van der Waals surface area contributed by atoms with E-state index in [4.69, 9.17) is 0 Å². The number of benzene rings is 1. The van der Waals surface area contributed by atoms with Crippen LogP contribution in [0.2, 0.25) is 0 Å². The number of hydrogen-bond donors (Lipinski definition) is 0. The van der Waals surface area contributed by atoms with Gasteiger partial charge in [-0.15, -0.1) is 0 Å². The fourth-order valence-corrected chi connectivity index (χ4v) is 1.79. The molecular formula is C13H12LiNO2. The number of carboxylic acids is 1. The van der Waals surface area contributed by atoms with Crippen LogP contribution >= 0.6 is 0 Å². The molecule has 0 radical (unpaired) electrons. The molecule has 3 nitrogen and oxygen atoms in total. The molecule has 82 valence electrons. The Kier molecular flexibility index (Phi) is 4.74.